The van der Waals surface area contributed by atoms with Crippen LogP contribution >= 0.6 is 0 Å². The van der Waals surface area contributed by atoms with Crippen molar-refractivity contribution in [2.75, 3.05) is 26.4 Å². The molecule has 330 valence electrons. The Morgan fingerprint density at radius 2 is 0.625 bits per heavy atom. The SMILES string of the molecule is CCOC(=O)C(C)(C)CCCCCC(=O)CCCCCC(C)(C)C(=O)OCC.CCOC(=O)C(C)(C)CCCCCC(O)CCCCCC(C)(C)C(=O)OCC. The van der Waals surface area contributed by atoms with Crippen LogP contribution in [-0.2, 0) is 42.9 Å². The van der Waals surface area contributed by atoms with Crippen LogP contribution in [0.15, 0.2) is 0 Å². The topological polar surface area (TPSA) is 142 Å². The number of hydrogen-bond donors (Lipinski definition) is 1. The molecule has 0 aliphatic heterocycles. The molecule has 0 saturated carbocycles. The molecule has 0 radical (unpaired) electrons. The molecule has 0 unspecified atom stereocenters. The third-order valence-electron chi connectivity index (χ3n) is 10.5. The molecule has 0 aliphatic carbocycles. The van der Waals surface area contributed by atoms with Crippen LogP contribution in [0.3, 0.4) is 0 Å². The maximum atomic E-state index is 12.0. The number of Topliss-reactive ketones (excluding diaryl/α,β-unsaturated/α-hetero) is 1. The molecule has 0 heterocycles. The molecule has 10 heteroatoms. The van der Waals surface area contributed by atoms with Crippen LogP contribution in [-0.4, -0.2) is 67.3 Å². The molecule has 56 heavy (non-hydrogen) atoms. The molecule has 0 saturated heterocycles. The monoisotopic (exact) mass is 799 g/mol. The van der Waals surface area contributed by atoms with Gasteiger partial charge in [0.05, 0.1) is 54.2 Å². The molecule has 0 aromatic rings. The summed E-state index contributed by atoms with van der Waals surface area (Å²) < 4.78 is 20.4. The molecule has 0 spiro atoms. The summed E-state index contributed by atoms with van der Waals surface area (Å²) in [5.74, 6) is -0.217. The Labute approximate surface area is 342 Å². The van der Waals surface area contributed by atoms with Gasteiger partial charge in [-0.25, -0.2) is 0 Å². The Bertz CT molecular complexity index is 1010. The average Bonchev–Trinajstić information content (AvgIpc) is 3.11. The minimum Gasteiger partial charge on any atom is -0.466 e. The number of carbonyl (C=O) groups is 5. The Morgan fingerprint density at radius 1 is 0.393 bits per heavy atom. The molecule has 10 nitrogen and oxygen atoms in total. The second-order valence-electron chi connectivity index (χ2n) is 17.9. The van der Waals surface area contributed by atoms with E-state index in [4.69, 9.17) is 18.9 Å². The first-order valence-corrected chi connectivity index (χ1v) is 22.0. The highest BCUT2D eigenvalue weighted by Gasteiger charge is 2.31. The van der Waals surface area contributed by atoms with Crippen LogP contribution in [0, 0.1) is 21.7 Å². The zero-order chi connectivity index (χ0) is 43.3. The summed E-state index contributed by atoms with van der Waals surface area (Å²) in [5.41, 5.74) is -1.74. The van der Waals surface area contributed by atoms with Crippen molar-refractivity contribution in [3.05, 3.63) is 0 Å². The molecule has 0 atom stereocenters. The highest BCUT2D eigenvalue weighted by molar-refractivity contribution is 5.78. The number of rotatable bonds is 32. The summed E-state index contributed by atoms with van der Waals surface area (Å²) in [7, 11) is 0. The third kappa shape index (κ3) is 27.2. The number of unbranched alkanes of at least 4 members (excludes halogenated alkanes) is 8. The van der Waals surface area contributed by atoms with E-state index in [1.54, 1.807) is 0 Å². The fourth-order valence-corrected chi connectivity index (χ4v) is 6.36. The van der Waals surface area contributed by atoms with Gasteiger partial charge in [0.15, 0.2) is 0 Å². The second-order valence-corrected chi connectivity index (χ2v) is 17.9. The van der Waals surface area contributed by atoms with E-state index < -0.39 is 21.7 Å². The van der Waals surface area contributed by atoms with Crippen molar-refractivity contribution in [1.82, 2.24) is 0 Å². The van der Waals surface area contributed by atoms with Gasteiger partial charge in [0.25, 0.3) is 0 Å². The lowest BCUT2D eigenvalue weighted by molar-refractivity contribution is -0.154. The minimum absolute atomic E-state index is 0.124. The van der Waals surface area contributed by atoms with Crippen molar-refractivity contribution >= 4 is 29.7 Å². The second kappa shape index (κ2) is 30.6. The van der Waals surface area contributed by atoms with Gasteiger partial charge < -0.3 is 24.1 Å². The van der Waals surface area contributed by atoms with Crippen LogP contribution in [0.2, 0.25) is 0 Å². The zero-order valence-electron chi connectivity index (χ0n) is 38.2. The van der Waals surface area contributed by atoms with E-state index in [1.807, 2.05) is 83.1 Å². The first-order chi connectivity index (χ1) is 26.1. The van der Waals surface area contributed by atoms with Crippen LogP contribution in [0.4, 0.5) is 0 Å². The zero-order valence-corrected chi connectivity index (χ0v) is 38.2. The maximum Gasteiger partial charge on any atom is 0.311 e. The average molecular weight is 799 g/mol. The number of esters is 4. The lowest BCUT2D eigenvalue weighted by Crippen LogP contribution is -2.26. The molecular weight excluding hydrogens is 712 g/mol. The van der Waals surface area contributed by atoms with E-state index in [1.165, 1.54) is 0 Å². The van der Waals surface area contributed by atoms with Gasteiger partial charge in [-0.1, -0.05) is 64.2 Å². The van der Waals surface area contributed by atoms with Crippen LogP contribution < -0.4 is 0 Å². The van der Waals surface area contributed by atoms with Gasteiger partial charge in [-0.15, -0.1) is 0 Å². The van der Waals surface area contributed by atoms with Crippen LogP contribution in [0.1, 0.15) is 212 Å². The predicted molar refractivity (Wildman–Crippen MR) is 225 cm³/mol. The molecule has 0 rings (SSSR count). The highest BCUT2D eigenvalue weighted by Crippen LogP contribution is 2.29. The van der Waals surface area contributed by atoms with Gasteiger partial charge >= 0.3 is 23.9 Å². The van der Waals surface area contributed by atoms with Crippen LogP contribution in [0.5, 0.6) is 0 Å². The number of ether oxygens (including phenoxy) is 4. The van der Waals surface area contributed by atoms with Crippen molar-refractivity contribution in [2.45, 2.75) is 218 Å². The first-order valence-electron chi connectivity index (χ1n) is 22.0. The molecule has 0 amide bonds. The number of ketones is 1. The van der Waals surface area contributed by atoms with Gasteiger partial charge in [-0.05, 0) is 134 Å². The molecule has 0 bridgehead atoms. The van der Waals surface area contributed by atoms with Crippen molar-refractivity contribution < 1.29 is 48.0 Å². The summed E-state index contributed by atoms with van der Waals surface area (Å²) in [5, 5.41) is 10.1. The Morgan fingerprint density at radius 3 is 0.857 bits per heavy atom. The van der Waals surface area contributed by atoms with Gasteiger partial charge in [-0.2, -0.15) is 0 Å². The van der Waals surface area contributed by atoms with E-state index in [0.29, 0.717) is 45.1 Å². The van der Waals surface area contributed by atoms with E-state index in [-0.39, 0.29) is 30.0 Å². The van der Waals surface area contributed by atoms with E-state index in [0.717, 1.165) is 116 Å². The number of carbonyl (C=O) groups excluding carboxylic acids is 5. The van der Waals surface area contributed by atoms with Crippen molar-refractivity contribution in [3.8, 4) is 0 Å². The fraction of sp³-hybridized carbons (Fsp3) is 0.891. The minimum atomic E-state index is -0.447. The molecule has 0 aromatic carbocycles. The van der Waals surface area contributed by atoms with Gasteiger partial charge in [0, 0.05) is 12.8 Å². The number of aliphatic hydroxyl groups is 1. The largest absolute Gasteiger partial charge is 0.466 e. The van der Waals surface area contributed by atoms with E-state index in [2.05, 4.69) is 0 Å². The van der Waals surface area contributed by atoms with Gasteiger partial charge in [0.1, 0.15) is 5.78 Å². The first kappa shape index (κ1) is 55.6. The summed E-state index contributed by atoms with van der Waals surface area (Å²) in [6, 6.07) is 0. The predicted octanol–water partition coefficient (Wildman–Crippen LogP) is 11.1. The normalized spacial score (nSPS) is 12.1. The van der Waals surface area contributed by atoms with Crippen molar-refractivity contribution in [3.63, 3.8) is 0 Å². The lowest BCUT2D eigenvalue weighted by Gasteiger charge is -2.22. The molecule has 0 fully saturated rings. The van der Waals surface area contributed by atoms with Crippen molar-refractivity contribution in [2.24, 2.45) is 21.7 Å². The Balaban J connectivity index is 0. The Hall–Kier alpha value is -2.49. The maximum absolute atomic E-state index is 12.0. The van der Waals surface area contributed by atoms with Gasteiger partial charge in [-0.3, -0.25) is 24.0 Å². The molecule has 0 aliphatic rings. The van der Waals surface area contributed by atoms with Crippen LogP contribution in [0.25, 0.3) is 0 Å². The number of hydrogen-bond acceptors (Lipinski definition) is 10. The summed E-state index contributed by atoms with van der Waals surface area (Å²) >= 11 is 0. The number of aliphatic hydroxyl groups excluding tert-OH is 1. The molecule has 1 N–H and O–H groups in total. The van der Waals surface area contributed by atoms with E-state index in [9.17, 15) is 29.1 Å². The van der Waals surface area contributed by atoms with Crippen molar-refractivity contribution in [1.29, 1.82) is 0 Å². The highest BCUT2D eigenvalue weighted by atomic mass is 16.5. The smallest absolute Gasteiger partial charge is 0.311 e. The molecular formula is C46H86O10. The van der Waals surface area contributed by atoms with Gasteiger partial charge in [0.2, 0.25) is 0 Å². The fourth-order valence-electron chi connectivity index (χ4n) is 6.36. The summed E-state index contributed by atoms with van der Waals surface area (Å²) in [6.07, 6.45) is 17.3. The quantitative estimate of drug-likeness (QED) is 0.0397. The lowest BCUT2D eigenvalue weighted by atomic mass is 9.86. The summed E-state index contributed by atoms with van der Waals surface area (Å²) in [4.78, 5) is 59.4. The standard InChI is InChI=1S/C23H44O5.C23H42O5/c2*1-7-27-20(25)22(3,4)17-13-9-11-15-19(24)16-12-10-14-18-23(5,6)21(26)28-8-2/h19,24H,7-18H2,1-6H3;7-18H2,1-6H3. The van der Waals surface area contributed by atoms with E-state index >= 15 is 0 Å². The Kier molecular flexibility index (Phi) is 30.4. The summed E-state index contributed by atoms with van der Waals surface area (Å²) in [6.45, 7) is 24.4. The molecule has 0 aromatic heterocycles. The third-order valence-corrected chi connectivity index (χ3v) is 10.5.